The van der Waals surface area contributed by atoms with Crippen LogP contribution in [-0.2, 0) is 11.3 Å². The molecule has 0 radical (unpaired) electrons. The largest absolute Gasteiger partial charge is 0.459 e. The van der Waals surface area contributed by atoms with E-state index in [-0.39, 0.29) is 36.0 Å². The lowest BCUT2D eigenvalue weighted by Crippen LogP contribution is -2.38. The zero-order chi connectivity index (χ0) is 21.2. The second kappa shape index (κ2) is 13.6. The smallest absolute Gasteiger partial charge is 0.287 e. The number of aliphatic imine (C=N–C) groups is 1. The van der Waals surface area contributed by atoms with Crippen LogP contribution in [-0.4, -0.2) is 55.5 Å². The van der Waals surface area contributed by atoms with E-state index >= 15 is 0 Å². The molecule has 0 aliphatic heterocycles. The fourth-order valence-electron chi connectivity index (χ4n) is 2.62. The summed E-state index contributed by atoms with van der Waals surface area (Å²) in [5, 5.41) is 9.19. The Morgan fingerprint density at radius 1 is 1.43 bits per heavy atom. The summed E-state index contributed by atoms with van der Waals surface area (Å²) in [4.78, 5) is 23.4. The van der Waals surface area contributed by atoms with Gasteiger partial charge in [0.15, 0.2) is 11.7 Å². The van der Waals surface area contributed by atoms with Crippen LogP contribution in [0.2, 0.25) is 0 Å². The average molecular weight is 549 g/mol. The second-order valence-electron chi connectivity index (χ2n) is 6.69. The number of aryl methyl sites for hydroxylation is 1. The Hall–Kier alpha value is -1.66. The molecule has 1 unspecified atom stereocenters. The molecule has 0 aliphatic rings. The van der Waals surface area contributed by atoms with Crippen LogP contribution in [0.25, 0.3) is 0 Å². The van der Waals surface area contributed by atoms with Crippen LogP contribution in [0.3, 0.4) is 0 Å². The van der Waals surface area contributed by atoms with Crippen LogP contribution in [0.15, 0.2) is 27.1 Å². The topological polar surface area (TPSA) is 92.0 Å². The molecule has 2 rings (SSSR count). The third-order valence-electron chi connectivity index (χ3n) is 4.32. The number of hydrogen-bond acceptors (Lipinski definition) is 6. The average Bonchev–Trinajstić information content (AvgIpc) is 3.35. The Balaban J connectivity index is 0.00000450. The number of guanidine groups is 1. The summed E-state index contributed by atoms with van der Waals surface area (Å²) in [6.07, 6.45) is 2.26. The predicted molar refractivity (Wildman–Crippen MR) is 131 cm³/mol. The highest BCUT2D eigenvalue weighted by Gasteiger charge is 2.13. The molecule has 0 saturated carbocycles. The first-order valence-corrected chi connectivity index (χ1v) is 10.6. The number of rotatable bonds is 10. The number of halogens is 1. The van der Waals surface area contributed by atoms with Crippen molar-refractivity contribution in [2.24, 2.45) is 4.99 Å². The van der Waals surface area contributed by atoms with Crippen molar-refractivity contribution >= 4 is 47.2 Å². The molecule has 2 aromatic heterocycles. The van der Waals surface area contributed by atoms with Crippen molar-refractivity contribution in [2.75, 3.05) is 33.8 Å². The van der Waals surface area contributed by atoms with Crippen LogP contribution in [0.1, 0.15) is 53.2 Å². The number of amides is 1. The Morgan fingerprint density at radius 3 is 2.83 bits per heavy atom. The van der Waals surface area contributed by atoms with E-state index in [2.05, 4.69) is 26.0 Å². The fourth-order valence-corrected chi connectivity index (χ4v) is 3.46. The molecular weight excluding hydrogens is 517 g/mol. The lowest BCUT2D eigenvalue weighted by Gasteiger charge is -2.21. The quantitative estimate of drug-likeness (QED) is 0.204. The summed E-state index contributed by atoms with van der Waals surface area (Å²) in [5.74, 6) is 0.993. The molecule has 10 heteroatoms. The standard InChI is InChI=1S/C20H31N5O3S.HI/c1-6-21-20(25(4)12-16-13-29-19(24-16)15(3)27-5)23-10-7-9-22-18(26)17-14(2)8-11-28-17;/h8,11,13,15H,6-7,9-10,12H2,1-5H3,(H,21,23)(H,22,26);1H. The van der Waals surface area contributed by atoms with E-state index in [4.69, 9.17) is 9.15 Å². The first-order valence-electron chi connectivity index (χ1n) is 9.75. The van der Waals surface area contributed by atoms with Crippen molar-refractivity contribution in [3.8, 4) is 0 Å². The molecule has 168 valence electrons. The van der Waals surface area contributed by atoms with Gasteiger partial charge >= 0.3 is 0 Å². The maximum atomic E-state index is 12.0. The predicted octanol–water partition coefficient (Wildman–Crippen LogP) is 3.59. The molecule has 1 atom stereocenters. The molecule has 0 saturated heterocycles. The number of aromatic nitrogens is 1. The molecule has 1 amide bonds. The van der Waals surface area contributed by atoms with E-state index in [1.165, 1.54) is 6.26 Å². The van der Waals surface area contributed by atoms with Crippen LogP contribution >= 0.6 is 35.3 Å². The van der Waals surface area contributed by atoms with Gasteiger partial charge in [0.05, 0.1) is 18.5 Å². The molecule has 2 N–H and O–H groups in total. The van der Waals surface area contributed by atoms with Crippen molar-refractivity contribution < 1.29 is 13.9 Å². The number of carbonyl (C=O) groups excluding carboxylic acids is 1. The van der Waals surface area contributed by atoms with Gasteiger partial charge in [0.25, 0.3) is 5.91 Å². The van der Waals surface area contributed by atoms with Crippen molar-refractivity contribution in [3.05, 3.63) is 39.7 Å². The van der Waals surface area contributed by atoms with E-state index in [1.54, 1.807) is 24.5 Å². The van der Waals surface area contributed by atoms with Crippen LogP contribution < -0.4 is 10.6 Å². The van der Waals surface area contributed by atoms with Gasteiger partial charge in [0, 0.05) is 44.7 Å². The van der Waals surface area contributed by atoms with Crippen molar-refractivity contribution in [3.63, 3.8) is 0 Å². The highest BCUT2D eigenvalue weighted by Crippen LogP contribution is 2.20. The van der Waals surface area contributed by atoms with Gasteiger partial charge in [-0.2, -0.15) is 0 Å². The molecule has 0 bridgehead atoms. The number of nitrogens with one attached hydrogen (secondary N) is 2. The maximum absolute atomic E-state index is 12.0. The minimum atomic E-state index is -0.190. The van der Waals surface area contributed by atoms with Crippen LogP contribution in [0.4, 0.5) is 0 Å². The Bertz CT molecular complexity index is 808. The number of methoxy groups -OCH3 is 1. The molecule has 0 fully saturated rings. The lowest BCUT2D eigenvalue weighted by molar-refractivity contribution is 0.0925. The number of hydrogen-bond donors (Lipinski definition) is 2. The van der Waals surface area contributed by atoms with E-state index in [0.29, 0.717) is 25.4 Å². The molecule has 30 heavy (non-hydrogen) atoms. The van der Waals surface area contributed by atoms with Gasteiger partial charge in [-0.15, -0.1) is 35.3 Å². The van der Waals surface area contributed by atoms with Gasteiger partial charge in [0.1, 0.15) is 11.1 Å². The van der Waals surface area contributed by atoms with E-state index < -0.39 is 0 Å². The van der Waals surface area contributed by atoms with Crippen molar-refractivity contribution in [1.29, 1.82) is 0 Å². The number of nitrogens with zero attached hydrogens (tertiary/aromatic N) is 3. The number of thiazole rings is 1. The number of ether oxygens (including phenoxy) is 1. The summed E-state index contributed by atoms with van der Waals surface area (Å²) in [5.41, 5.74) is 1.82. The SMILES string of the molecule is CCNC(=NCCCNC(=O)c1occc1C)N(C)Cc1csc(C(C)OC)n1.I. The Morgan fingerprint density at radius 2 is 2.20 bits per heavy atom. The molecule has 2 aromatic rings. The van der Waals surface area contributed by atoms with Crippen LogP contribution in [0.5, 0.6) is 0 Å². The summed E-state index contributed by atoms with van der Waals surface area (Å²) in [7, 11) is 3.67. The van der Waals surface area contributed by atoms with Gasteiger partial charge in [0.2, 0.25) is 0 Å². The maximum Gasteiger partial charge on any atom is 0.287 e. The summed E-state index contributed by atoms with van der Waals surface area (Å²) >= 11 is 1.61. The summed E-state index contributed by atoms with van der Waals surface area (Å²) in [6, 6.07) is 1.78. The normalized spacial score (nSPS) is 12.2. The summed E-state index contributed by atoms with van der Waals surface area (Å²) in [6.45, 7) is 8.46. The molecule has 8 nitrogen and oxygen atoms in total. The van der Waals surface area contributed by atoms with Crippen LogP contribution in [0, 0.1) is 6.92 Å². The summed E-state index contributed by atoms with van der Waals surface area (Å²) < 4.78 is 10.5. The van der Waals surface area contributed by atoms with E-state index in [0.717, 1.165) is 35.2 Å². The number of carbonyl (C=O) groups is 1. The fraction of sp³-hybridized carbons (Fsp3) is 0.550. The van der Waals surface area contributed by atoms with Gasteiger partial charge in [-0.3, -0.25) is 9.79 Å². The second-order valence-corrected chi connectivity index (χ2v) is 7.58. The van der Waals surface area contributed by atoms with Gasteiger partial charge < -0.3 is 24.7 Å². The van der Waals surface area contributed by atoms with Gasteiger partial charge in [-0.1, -0.05) is 0 Å². The molecule has 0 spiro atoms. The molecular formula is C20H32IN5O3S. The minimum absolute atomic E-state index is 0. The van der Waals surface area contributed by atoms with E-state index in [1.807, 2.05) is 32.7 Å². The van der Waals surface area contributed by atoms with Gasteiger partial charge in [-0.25, -0.2) is 4.98 Å². The third-order valence-corrected chi connectivity index (χ3v) is 5.37. The zero-order valence-electron chi connectivity index (χ0n) is 18.2. The van der Waals surface area contributed by atoms with Crippen molar-refractivity contribution in [2.45, 2.75) is 39.8 Å². The monoisotopic (exact) mass is 549 g/mol. The highest BCUT2D eigenvalue weighted by atomic mass is 127. The zero-order valence-corrected chi connectivity index (χ0v) is 21.4. The first kappa shape index (κ1) is 26.4. The van der Waals surface area contributed by atoms with E-state index in [9.17, 15) is 4.79 Å². The minimum Gasteiger partial charge on any atom is -0.459 e. The Kier molecular flexibility index (Phi) is 12.0. The molecule has 0 aromatic carbocycles. The molecule has 2 heterocycles. The highest BCUT2D eigenvalue weighted by molar-refractivity contribution is 14.0. The first-order chi connectivity index (χ1) is 14.0. The van der Waals surface area contributed by atoms with Gasteiger partial charge in [-0.05, 0) is 33.3 Å². The third kappa shape index (κ3) is 7.88. The number of furan rings is 1. The Labute approximate surface area is 199 Å². The lowest BCUT2D eigenvalue weighted by atomic mass is 10.2. The van der Waals surface area contributed by atoms with Crippen molar-refractivity contribution in [1.82, 2.24) is 20.5 Å². The molecule has 0 aliphatic carbocycles.